The fourth-order valence-electron chi connectivity index (χ4n) is 8.41. The van der Waals surface area contributed by atoms with E-state index in [9.17, 15) is 14.4 Å². The first-order valence-corrected chi connectivity index (χ1v) is 15.7. The van der Waals surface area contributed by atoms with Gasteiger partial charge in [0.1, 0.15) is 6.04 Å². The number of hydrogen-bond acceptors (Lipinski definition) is 5. The van der Waals surface area contributed by atoms with Crippen LogP contribution in [0.2, 0.25) is 0 Å². The van der Waals surface area contributed by atoms with Gasteiger partial charge < -0.3 is 10.2 Å². The summed E-state index contributed by atoms with van der Waals surface area (Å²) >= 11 is 1.77. The maximum absolute atomic E-state index is 13.1. The molecule has 2 aromatic carbocycles. The van der Waals surface area contributed by atoms with Crippen molar-refractivity contribution in [1.82, 2.24) is 15.5 Å². The molecule has 4 bridgehead atoms. The highest BCUT2D eigenvalue weighted by molar-refractivity contribution is 7.99. The largest absolute Gasteiger partial charge is 0.322 e. The number of carbonyl (C=O) groups is 3. The topological polar surface area (TPSA) is 78.5 Å². The first-order chi connectivity index (χ1) is 18.9. The molecule has 204 valence electrons. The van der Waals surface area contributed by atoms with Crippen molar-refractivity contribution in [3.63, 3.8) is 0 Å². The molecule has 3 amide bonds. The Balaban J connectivity index is 0.932. The van der Waals surface area contributed by atoms with Crippen molar-refractivity contribution in [2.24, 2.45) is 17.8 Å². The van der Waals surface area contributed by atoms with Gasteiger partial charge in [0, 0.05) is 41.3 Å². The third kappa shape index (κ3) is 4.93. The Morgan fingerprint density at radius 2 is 1.62 bits per heavy atom. The lowest BCUT2D eigenvalue weighted by Gasteiger charge is -2.57. The maximum atomic E-state index is 13.1. The number of benzene rings is 2. The second-order valence-corrected chi connectivity index (χ2v) is 13.8. The number of hydrogen-bond donors (Lipinski definition) is 2. The molecule has 1 atom stereocenters. The lowest BCUT2D eigenvalue weighted by atomic mass is 9.53. The summed E-state index contributed by atoms with van der Waals surface area (Å²) in [4.78, 5) is 39.7. The summed E-state index contributed by atoms with van der Waals surface area (Å²) in [6.45, 7) is 1.39. The molecule has 2 aliphatic heterocycles. The van der Waals surface area contributed by atoms with Crippen LogP contribution in [0.25, 0.3) is 0 Å². The fraction of sp³-hybridized carbons (Fsp3) is 0.531. The number of imide groups is 1. The Kier molecular flexibility index (Phi) is 6.55. The lowest BCUT2D eigenvalue weighted by molar-refractivity contribution is -0.136. The minimum Gasteiger partial charge on any atom is -0.322 e. The summed E-state index contributed by atoms with van der Waals surface area (Å²) in [6.07, 6.45) is 10.2. The second kappa shape index (κ2) is 10.1. The third-order valence-electron chi connectivity index (χ3n) is 9.92. The van der Waals surface area contributed by atoms with Gasteiger partial charge in [-0.1, -0.05) is 30.3 Å². The van der Waals surface area contributed by atoms with Crippen LogP contribution in [0.1, 0.15) is 78.4 Å². The molecule has 6 aliphatic rings. The zero-order valence-corrected chi connectivity index (χ0v) is 23.2. The lowest BCUT2D eigenvalue weighted by Crippen LogP contribution is -2.58. The van der Waals surface area contributed by atoms with Gasteiger partial charge in [0.15, 0.2) is 0 Å². The molecule has 7 heteroatoms. The van der Waals surface area contributed by atoms with E-state index < -0.39 is 6.04 Å². The first-order valence-electron chi connectivity index (χ1n) is 14.7. The molecule has 2 N–H and O–H groups in total. The van der Waals surface area contributed by atoms with Gasteiger partial charge in [-0.2, -0.15) is 0 Å². The summed E-state index contributed by atoms with van der Waals surface area (Å²) in [5, 5.41) is 6.39. The van der Waals surface area contributed by atoms with E-state index in [1.807, 2.05) is 12.1 Å². The highest BCUT2D eigenvalue weighted by Gasteiger charge is 2.50. The van der Waals surface area contributed by atoms with E-state index in [2.05, 4.69) is 41.0 Å². The molecule has 2 heterocycles. The Bertz CT molecular complexity index is 1270. The van der Waals surface area contributed by atoms with Crippen molar-refractivity contribution in [3.05, 3.63) is 64.7 Å². The van der Waals surface area contributed by atoms with Crippen LogP contribution in [0.15, 0.2) is 47.4 Å². The summed E-state index contributed by atoms with van der Waals surface area (Å²) < 4.78 is 0. The fourth-order valence-corrected chi connectivity index (χ4v) is 9.49. The Labute approximate surface area is 234 Å². The zero-order valence-electron chi connectivity index (χ0n) is 22.4. The van der Waals surface area contributed by atoms with Gasteiger partial charge in [0.05, 0.1) is 0 Å². The molecular formula is C32H37N3O3S. The van der Waals surface area contributed by atoms with E-state index in [4.69, 9.17) is 0 Å². The second-order valence-electron chi connectivity index (χ2n) is 12.6. The van der Waals surface area contributed by atoms with E-state index >= 15 is 0 Å². The Hall–Kier alpha value is -2.64. The van der Waals surface area contributed by atoms with Gasteiger partial charge in [-0.05, 0) is 97.9 Å². The molecular weight excluding hydrogens is 506 g/mol. The summed E-state index contributed by atoms with van der Waals surface area (Å²) in [5.74, 6) is 3.09. The molecule has 39 heavy (non-hydrogen) atoms. The molecule has 5 fully saturated rings. The van der Waals surface area contributed by atoms with Crippen molar-refractivity contribution in [2.75, 3.05) is 5.75 Å². The third-order valence-corrected chi connectivity index (χ3v) is 11.0. The average molecular weight is 544 g/mol. The van der Waals surface area contributed by atoms with Gasteiger partial charge >= 0.3 is 0 Å². The van der Waals surface area contributed by atoms with Crippen LogP contribution in [-0.2, 0) is 29.1 Å². The molecule has 8 rings (SSSR count). The Morgan fingerprint density at radius 1 is 0.923 bits per heavy atom. The van der Waals surface area contributed by atoms with Crippen molar-refractivity contribution < 1.29 is 14.4 Å². The number of nitrogens with zero attached hydrogens (tertiary/aromatic N) is 1. The van der Waals surface area contributed by atoms with Gasteiger partial charge in [-0.15, -0.1) is 11.8 Å². The summed E-state index contributed by atoms with van der Waals surface area (Å²) in [5.41, 5.74) is 4.78. The molecule has 4 aliphatic carbocycles. The standard InChI is InChI=1S/C32H37N3O3S/c36-29-9-8-27(30(37)34-29)35-19-26-25(31(35)38)2-1-3-28(26)39-11-10-20-4-6-21(7-5-20)18-33-32-15-22-12-23(16-32)14-24(13-22)17-32/h1-7,22-24,27,33H,8-19H2,(H,34,36,37). The monoisotopic (exact) mass is 543 g/mol. The molecule has 0 spiro atoms. The minimum absolute atomic E-state index is 0.111. The first kappa shape index (κ1) is 25.3. The number of amides is 3. The van der Waals surface area contributed by atoms with E-state index in [0.717, 1.165) is 46.9 Å². The smallest absolute Gasteiger partial charge is 0.255 e. The van der Waals surface area contributed by atoms with Crippen LogP contribution in [0, 0.1) is 17.8 Å². The molecule has 0 aromatic heterocycles. The quantitative estimate of drug-likeness (QED) is 0.368. The van der Waals surface area contributed by atoms with Gasteiger partial charge in [0.2, 0.25) is 11.8 Å². The van der Waals surface area contributed by atoms with E-state index in [1.165, 1.54) is 49.7 Å². The van der Waals surface area contributed by atoms with Crippen LogP contribution >= 0.6 is 11.8 Å². The van der Waals surface area contributed by atoms with Crippen molar-refractivity contribution in [1.29, 1.82) is 0 Å². The number of thioether (sulfide) groups is 1. The van der Waals surface area contributed by atoms with Crippen LogP contribution in [0.3, 0.4) is 0 Å². The van der Waals surface area contributed by atoms with Crippen molar-refractivity contribution in [3.8, 4) is 0 Å². The molecule has 6 nitrogen and oxygen atoms in total. The number of nitrogens with one attached hydrogen (secondary N) is 2. The Morgan fingerprint density at radius 3 is 2.31 bits per heavy atom. The van der Waals surface area contributed by atoms with Gasteiger partial charge in [-0.25, -0.2) is 0 Å². The summed E-state index contributed by atoms with van der Waals surface area (Å²) in [6, 6.07) is 14.4. The van der Waals surface area contributed by atoms with Crippen molar-refractivity contribution >= 4 is 29.5 Å². The van der Waals surface area contributed by atoms with E-state index in [-0.39, 0.29) is 24.1 Å². The number of rotatable bonds is 8. The van der Waals surface area contributed by atoms with Crippen molar-refractivity contribution in [2.45, 2.75) is 87.4 Å². The summed E-state index contributed by atoms with van der Waals surface area (Å²) in [7, 11) is 0. The molecule has 2 aromatic rings. The van der Waals surface area contributed by atoms with E-state index in [0.29, 0.717) is 24.1 Å². The highest BCUT2D eigenvalue weighted by Crippen LogP contribution is 2.55. The number of carbonyl (C=O) groups excluding carboxylic acids is 3. The van der Waals surface area contributed by atoms with Crippen LogP contribution < -0.4 is 10.6 Å². The van der Waals surface area contributed by atoms with Crippen LogP contribution in [0.4, 0.5) is 0 Å². The SMILES string of the molecule is O=C1CCC(N2Cc3c(SCCc4ccc(CNC56CC7CC(CC(C7)C5)C6)cc4)cccc3C2=O)C(=O)N1. The average Bonchev–Trinajstić information content (AvgIpc) is 3.24. The van der Waals surface area contributed by atoms with Crippen LogP contribution in [-0.4, -0.2) is 40.0 Å². The van der Waals surface area contributed by atoms with Gasteiger partial charge in [-0.3, -0.25) is 19.7 Å². The number of fused-ring (bicyclic) bond motifs is 1. The maximum Gasteiger partial charge on any atom is 0.255 e. The molecule has 1 unspecified atom stereocenters. The molecule has 4 saturated carbocycles. The number of aryl methyl sites for hydroxylation is 1. The normalized spacial score (nSPS) is 31.1. The predicted molar refractivity (Wildman–Crippen MR) is 151 cm³/mol. The minimum atomic E-state index is -0.573. The highest BCUT2D eigenvalue weighted by atomic mass is 32.2. The predicted octanol–water partition coefficient (Wildman–Crippen LogP) is 4.84. The van der Waals surface area contributed by atoms with Crippen LogP contribution in [0.5, 0.6) is 0 Å². The van der Waals surface area contributed by atoms with Gasteiger partial charge in [0.25, 0.3) is 5.91 Å². The van der Waals surface area contributed by atoms with E-state index in [1.54, 1.807) is 16.7 Å². The molecule has 0 radical (unpaired) electrons. The zero-order chi connectivity index (χ0) is 26.6. The molecule has 1 saturated heterocycles. The number of piperidine rings is 1.